The summed E-state index contributed by atoms with van der Waals surface area (Å²) in [6.07, 6.45) is -0.392. The van der Waals surface area contributed by atoms with Gasteiger partial charge in [0.25, 0.3) is 0 Å². The molecular weight excluding hydrogens is 289 g/mol. The van der Waals surface area contributed by atoms with E-state index in [0.29, 0.717) is 18.0 Å². The number of carbonyl (C=O) groups is 1. The summed E-state index contributed by atoms with van der Waals surface area (Å²) < 4.78 is 44.0. The Labute approximate surface area is 118 Å². The quantitative estimate of drug-likeness (QED) is 0.929. The lowest BCUT2D eigenvalue weighted by Crippen LogP contribution is -2.25. The predicted octanol–water partition coefficient (Wildman–Crippen LogP) is 2.76. The second-order valence-corrected chi connectivity index (χ2v) is 5.55. The molecule has 3 atom stereocenters. The van der Waals surface area contributed by atoms with Gasteiger partial charge in [0.2, 0.25) is 0 Å². The van der Waals surface area contributed by atoms with E-state index < -0.39 is 29.4 Å². The smallest absolute Gasteiger partial charge is 0.434 e. The molecule has 3 rings (SSSR count). The normalized spacial score (nSPS) is 27.9. The minimum atomic E-state index is -4.86. The Balaban J connectivity index is 1.85. The summed E-state index contributed by atoms with van der Waals surface area (Å²) in [5.41, 5.74) is -2.44. The SMILES string of the molecule is O=C(O)c1cnc(O[C@H]2C[C@@H]3CC[C@H]2C3)nc1C(F)(F)F. The summed E-state index contributed by atoms with van der Waals surface area (Å²) in [5, 5.41) is 8.77. The first-order chi connectivity index (χ1) is 9.84. The van der Waals surface area contributed by atoms with E-state index in [1.165, 1.54) is 0 Å². The van der Waals surface area contributed by atoms with Crippen molar-refractivity contribution in [1.29, 1.82) is 0 Å². The predicted molar refractivity (Wildman–Crippen MR) is 63.9 cm³/mol. The van der Waals surface area contributed by atoms with Crippen molar-refractivity contribution in [2.45, 2.75) is 38.0 Å². The van der Waals surface area contributed by atoms with Crippen molar-refractivity contribution in [3.8, 4) is 6.01 Å². The highest BCUT2D eigenvalue weighted by molar-refractivity contribution is 5.88. The van der Waals surface area contributed by atoms with Gasteiger partial charge in [0, 0.05) is 6.20 Å². The molecule has 0 spiro atoms. The number of carboxylic acids is 1. The van der Waals surface area contributed by atoms with Crippen LogP contribution in [0.3, 0.4) is 0 Å². The van der Waals surface area contributed by atoms with E-state index >= 15 is 0 Å². The molecule has 2 saturated carbocycles. The van der Waals surface area contributed by atoms with Gasteiger partial charge in [0.05, 0.1) is 0 Å². The molecule has 8 heteroatoms. The van der Waals surface area contributed by atoms with Crippen LogP contribution in [0.4, 0.5) is 13.2 Å². The number of ether oxygens (including phenoxy) is 1. The zero-order chi connectivity index (χ0) is 15.2. The van der Waals surface area contributed by atoms with Crippen molar-refractivity contribution in [2.75, 3.05) is 0 Å². The molecular formula is C13H13F3N2O3. The average molecular weight is 302 g/mol. The Morgan fingerprint density at radius 2 is 2.10 bits per heavy atom. The number of hydrogen-bond acceptors (Lipinski definition) is 4. The summed E-state index contributed by atoms with van der Waals surface area (Å²) in [7, 11) is 0. The molecule has 1 N–H and O–H groups in total. The Morgan fingerprint density at radius 3 is 2.62 bits per heavy atom. The lowest BCUT2D eigenvalue weighted by atomic mass is 9.98. The monoisotopic (exact) mass is 302 g/mol. The van der Waals surface area contributed by atoms with Gasteiger partial charge in [-0.1, -0.05) is 0 Å². The third-order valence-electron chi connectivity index (χ3n) is 4.20. The lowest BCUT2D eigenvalue weighted by molar-refractivity contribution is -0.142. The second-order valence-electron chi connectivity index (χ2n) is 5.55. The number of halogens is 3. The highest BCUT2D eigenvalue weighted by Gasteiger charge is 2.42. The molecule has 2 aliphatic carbocycles. The molecule has 21 heavy (non-hydrogen) atoms. The van der Waals surface area contributed by atoms with Gasteiger partial charge in [0.1, 0.15) is 11.7 Å². The highest BCUT2D eigenvalue weighted by Crippen LogP contribution is 2.45. The fourth-order valence-corrected chi connectivity index (χ4v) is 3.26. The van der Waals surface area contributed by atoms with Gasteiger partial charge in [-0.3, -0.25) is 0 Å². The summed E-state index contributed by atoms with van der Waals surface area (Å²) in [4.78, 5) is 17.7. The number of fused-ring (bicyclic) bond motifs is 2. The van der Waals surface area contributed by atoms with E-state index in [4.69, 9.17) is 9.84 Å². The van der Waals surface area contributed by atoms with Crippen molar-refractivity contribution in [2.24, 2.45) is 11.8 Å². The molecule has 2 fully saturated rings. The molecule has 0 radical (unpaired) electrons. The number of alkyl halides is 3. The summed E-state index contributed by atoms with van der Waals surface area (Å²) in [6, 6.07) is -0.398. The van der Waals surface area contributed by atoms with Crippen molar-refractivity contribution in [1.82, 2.24) is 9.97 Å². The van der Waals surface area contributed by atoms with Crippen LogP contribution in [0, 0.1) is 11.8 Å². The van der Waals surface area contributed by atoms with E-state index in [2.05, 4.69) is 9.97 Å². The van der Waals surface area contributed by atoms with Crippen LogP contribution in [0.15, 0.2) is 6.20 Å². The standard InChI is InChI=1S/C13H13F3N2O3/c14-13(15,16)10-8(11(19)20)5-17-12(18-10)21-9-4-6-1-2-7(9)3-6/h5-7,9H,1-4H2,(H,19,20)/t6-,7+,9+/m1/s1. The molecule has 0 amide bonds. The van der Waals surface area contributed by atoms with Crippen LogP contribution >= 0.6 is 0 Å². The molecule has 0 aliphatic heterocycles. The van der Waals surface area contributed by atoms with Gasteiger partial charge in [-0.2, -0.15) is 18.2 Å². The van der Waals surface area contributed by atoms with Crippen molar-refractivity contribution in [3.63, 3.8) is 0 Å². The van der Waals surface area contributed by atoms with Gasteiger partial charge in [0.15, 0.2) is 5.69 Å². The number of carboxylic acid groups (broad SMARTS) is 1. The highest BCUT2D eigenvalue weighted by atomic mass is 19.4. The van der Waals surface area contributed by atoms with Gasteiger partial charge < -0.3 is 9.84 Å². The molecule has 5 nitrogen and oxygen atoms in total. The van der Waals surface area contributed by atoms with Crippen molar-refractivity contribution in [3.05, 3.63) is 17.5 Å². The Kier molecular flexibility index (Phi) is 3.26. The molecule has 2 aliphatic rings. The first-order valence-electron chi connectivity index (χ1n) is 6.69. The molecule has 2 bridgehead atoms. The van der Waals surface area contributed by atoms with Gasteiger partial charge >= 0.3 is 18.2 Å². The largest absolute Gasteiger partial charge is 0.478 e. The van der Waals surface area contributed by atoms with Crippen LogP contribution < -0.4 is 4.74 Å². The van der Waals surface area contributed by atoms with Gasteiger partial charge in [-0.05, 0) is 37.5 Å². The third-order valence-corrected chi connectivity index (χ3v) is 4.20. The number of hydrogen-bond donors (Lipinski definition) is 1. The van der Waals surface area contributed by atoms with Crippen LogP contribution in [0.25, 0.3) is 0 Å². The molecule has 0 saturated heterocycles. The summed E-state index contributed by atoms with van der Waals surface area (Å²) >= 11 is 0. The van der Waals surface area contributed by atoms with Crippen LogP contribution in [-0.2, 0) is 6.18 Å². The topological polar surface area (TPSA) is 72.3 Å². The molecule has 1 aromatic rings. The number of aromatic nitrogens is 2. The zero-order valence-corrected chi connectivity index (χ0v) is 10.9. The van der Waals surface area contributed by atoms with Crippen LogP contribution in [0.5, 0.6) is 6.01 Å². The van der Waals surface area contributed by atoms with Crippen molar-refractivity contribution < 1.29 is 27.8 Å². The maximum absolute atomic E-state index is 12.8. The zero-order valence-electron chi connectivity index (χ0n) is 10.9. The Morgan fingerprint density at radius 1 is 1.33 bits per heavy atom. The number of aromatic carboxylic acids is 1. The van der Waals surface area contributed by atoms with E-state index in [9.17, 15) is 18.0 Å². The number of nitrogens with zero attached hydrogens (tertiary/aromatic N) is 2. The fraction of sp³-hybridized carbons (Fsp3) is 0.615. The average Bonchev–Trinajstić information content (AvgIpc) is 2.99. The lowest BCUT2D eigenvalue weighted by Gasteiger charge is -2.22. The Bertz CT molecular complexity index is 576. The molecule has 0 aromatic carbocycles. The minimum Gasteiger partial charge on any atom is -0.478 e. The van der Waals surface area contributed by atoms with Crippen LogP contribution in [0.2, 0.25) is 0 Å². The first-order valence-corrected chi connectivity index (χ1v) is 6.69. The van der Waals surface area contributed by atoms with E-state index in [0.717, 1.165) is 25.7 Å². The van der Waals surface area contributed by atoms with E-state index in [-0.39, 0.29) is 6.10 Å². The molecule has 1 heterocycles. The molecule has 0 unspecified atom stereocenters. The third kappa shape index (κ3) is 2.66. The van der Waals surface area contributed by atoms with Crippen LogP contribution in [-0.4, -0.2) is 27.1 Å². The summed E-state index contributed by atoms with van der Waals surface area (Å²) in [5.74, 6) is -0.804. The fourth-order valence-electron chi connectivity index (χ4n) is 3.26. The minimum absolute atomic E-state index is 0.166. The van der Waals surface area contributed by atoms with Crippen molar-refractivity contribution >= 4 is 5.97 Å². The Hall–Kier alpha value is -1.86. The first kappa shape index (κ1) is 14.1. The maximum Gasteiger partial charge on any atom is 0.434 e. The van der Waals surface area contributed by atoms with E-state index in [1.54, 1.807) is 0 Å². The summed E-state index contributed by atoms with van der Waals surface area (Å²) in [6.45, 7) is 0. The molecule has 1 aromatic heterocycles. The maximum atomic E-state index is 12.8. The second kappa shape index (κ2) is 4.85. The van der Waals surface area contributed by atoms with Gasteiger partial charge in [-0.15, -0.1) is 0 Å². The van der Waals surface area contributed by atoms with Gasteiger partial charge in [-0.25, -0.2) is 9.78 Å². The molecule has 114 valence electrons. The number of rotatable bonds is 3. The van der Waals surface area contributed by atoms with Crippen LogP contribution in [0.1, 0.15) is 41.7 Å². The van der Waals surface area contributed by atoms with E-state index in [1.807, 2.05) is 0 Å².